The number of hydrogen-bond acceptors (Lipinski definition) is 7. The van der Waals surface area contributed by atoms with E-state index in [1.807, 2.05) is 57.6 Å². The van der Waals surface area contributed by atoms with Gasteiger partial charge in [0.05, 0.1) is 17.9 Å². The number of ether oxygens (including phenoxy) is 1. The van der Waals surface area contributed by atoms with E-state index in [-0.39, 0.29) is 23.8 Å². The number of rotatable bonds is 8. The van der Waals surface area contributed by atoms with E-state index in [4.69, 9.17) is 9.26 Å². The molecule has 0 amide bonds. The summed E-state index contributed by atoms with van der Waals surface area (Å²) in [5.41, 5.74) is 5.08. The predicted molar refractivity (Wildman–Crippen MR) is 155 cm³/mol. The maximum absolute atomic E-state index is 14.4. The Bertz CT molecular complexity index is 1770. The minimum atomic E-state index is -0.620. The molecule has 0 saturated carbocycles. The van der Waals surface area contributed by atoms with E-state index in [9.17, 15) is 9.59 Å². The first-order chi connectivity index (χ1) is 19.9. The minimum absolute atomic E-state index is 0.0357. The fourth-order valence-corrected chi connectivity index (χ4v) is 6.08. The van der Waals surface area contributed by atoms with Crippen LogP contribution in [0, 0.1) is 0 Å². The van der Waals surface area contributed by atoms with Crippen LogP contribution in [-0.4, -0.2) is 41.5 Å². The van der Waals surface area contributed by atoms with Crippen molar-refractivity contribution in [1.82, 2.24) is 29.3 Å². The average Bonchev–Trinajstić information content (AvgIpc) is 3.62. The summed E-state index contributed by atoms with van der Waals surface area (Å²) in [6.45, 7) is 6.24. The third-order valence-corrected chi connectivity index (χ3v) is 7.88. The van der Waals surface area contributed by atoms with E-state index >= 15 is 0 Å². The van der Waals surface area contributed by atoms with Gasteiger partial charge in [0, 0.05) is 23.6 Å². The second-order valence-electron chi connectivity index (χ2n) is 10.9. The van der Waals surface area contributed by atoms with Gasteiger partial charge in [0.1, 0.15) is 6.33 Å². The highest BCUT2D eigenvalue weighted by molar-refractivity contribution is 5.81. The molecule has 0 aliphatic carbocycles. The molecule has 2 atom stereocenters. The monoisotopic (exact) mass is 554 g/mol. The zero-order chi connectivity index (χ0) is 28.5. The Morgan fingerprint density at radius 1 is 1.02 bits per heavy atom. The Balaban J connectivity index is 1.50. The second kappa shape index (κ2) is 11.3. The molecule has 2 aromatic carbocycles. The van der Waals surface area contributed by atoms with E-state index < -0.39 is 5.76 Å². The quantitative estimate of drug-likeness (QED) is 0.288. The molecule has 0 radical (unpaired) electrons. The summed E-state index contributed by atoms with van der Waals surface area (Å²) >= 11 is 0. The van der Waals surface area contributed by atoms with Gasteiger partial charge in [-0.25, -0.2) is 9.31 Å². The van der Waals surface area contributed by atoms with Crippen LogP contribution in [0.2, 0.25) is 0 Å². The third-order valence-electron chi connectivity index (χ3n) is 7.88. The summed E-state index contributed by atoms with van der Waals surface area (Å²) < 4.78 is 14.5. The van der Waals surface area contributed by atoms with Crippen LogP contribution < -0.4 is 11.3 Å². The zero-order valence-corrected chi connectivity index (χ0v) is 23.5. The Morgan fingerprint density at radius 3 is 2.51 bits per heavy atom. The van der Waals surface area contributed by atoms with Crippen molar-refractivity contribution >= 4 is 5.78 Å². The van der Waals surface area contributed by atoms with E-state index in [0.717, 1.165) is 53.6 Å². The van der Waals surface area contributed by atoms with Crippen LogP contribution in [0.5, 0.6) is 0 Å². The number of H-pyrrole nitrogens is 1. The van der Waals surface area contributed by atoms with Gasteiger partial charge >= 0.3 is 5.76 Å². The first kappa shape index (κ1) is 26.9. The fourth-order valence-electron chi connectivity index (χ4n) is 6.08. The molecule has 0 bridgehead atoms. The summed E-state index contributed by atoms with van der Waals surface area (Å²) in [5.74, 6) is 0.304. The Labute approximate surface area is 237 Å². The first-order valence-corrected chi connectivity index (χ1v) is 14.3. The minimum Gasteiger partial charge on any atom is -0.375 e. The van der Waals surface area contributed by atoms with Crippen LogP contribution >= 0.6 is 0 Å². The topological polar surface area (TPSA) is 120 Å². The zero-order valence-electron chi connectivity index (χ0n) is 23.5. The van der Waals surface area contributed by atoms with Gasteiger partial charge in [-0.2, -0.15) is 10.1 Å². The van der Waals surface area contributed by atoms with Crippen molar-refractivity contribution in [3.63, 3.8) is 0 Å². The van der Waals surface area contributed by atoms with Gasteiger partial charge in [-0.3, -0.25) is 18.9 Å². The van der Waals surface area contributed by atoms with Crippen LogP contribution in [0.15, 0.2) is 69.0 Å². The van der Waals surface area contributed by atoms with Crippen molar-refractivity contribution in [1.29, 1.82) is 0 Å². The van der Waals surface area contributed by atoms with Crippen molar-refractivity contribution in [2.24, 2.45) is 0 Å². The number of benzene rings is 2. The number of unbranched alkanes of at least 4 members (excludes halogenated alkanes) is 1. The Kier molecular flexibility index (Phi) is 7.40. The maximum atomic E-state index is 14.4. The number of nitrogens with one attached hydrogen (secondary N) is 1. The highest BCUT2D eigenvalue weighted by Gasteiger charge is 2.30. The van der Waals surface area contributed by atoms with Gasteiger partial charge in [-0.05, 0) is 62.3 Å². The Hall–Kier alpha value is -4.31. The number of hydrogen-bond donors (Lipinski definition) is 1. The number of nitrogens with zero attached hydrogens (tertiary/aromatic N) is 5. The summed E-state index contributed by atoms with van der Waals surface area (Å²) in [4.78, 5) is 33.5. The highest BCUT2D eigenvalue weighted by atomic mass is 16.5. The highest BCUT2D eigenvalue weighted by Crippen LogP contribution is 2.33. The predicted octanol–water partition coefficient (Wildman–Crippen LogP) is 4.96. The largest absolute Gasteiger partial charge is 0.439 e. The molecule has 4 heterocycles. The molecule has 10 nitrogen and oxygen atoms in total. The fraction of sp³-hybridized carbons (Fsp3) is 0.387. The number of aromatic nitrogens is 6. The molecule has 1 aliphatic heterocycles. The van der Waals surface area contributed by atoms with Gasteiger partial charge in [0.2, 0.25) is 5.78 Å². The van der Waals surface area contributed by atoms with Crippen molar-refractivity contribution in [3.05, 3.63) is 92.6 Å². The lowest BCUT2D eigenvalue weighted by Crippen LogP contribution is -2.38. The Morgan fingerprint density at radius 2 is 1.80 bits per heavy atom. The summed E-state index contributed by atoms with van der Waals surface area (Å²) in [6.07, 6.45) is 6.10. The average molecular weight is 555 g/mol. The second-order valence-corrected chi connectivity index (χ2v) is 10.9. The molecular formula is C31H34N6O4. The van der Waals surface area contributed by atoms with E-state index in [1.165, 1.54) is 6.33 Å². The van der Waals surface area contributed by atoms with Crippen LogP contribution in [0.25, 0.3) is 28.3 Å². The summed E-state index contributed by atoms with van der Waals surface area (Å²) in [5, 5.41) is 8.56. The lowest BCUT2D eigenvalue weighted by molar-refractivity contribution is -0.0488. The van der Waals surface area contributed by atoms with Crippen LogP contribution in [0.3, 0.4) is 0 Å². The maximum Gasteiger partial charge on any atom is 0.439 e. The molecule has 1 N–H and O–H groups in total. The molecule has 3 aromatic heterocycles. The van der Waals surface area contributed by atoms with Crippen molar-refractivity contribution in [2.75, 3.05) is 0 Å². The molecule has 0 spiro atoms. The third kappa shape index (κ3) is 5.27. The molecule has 2 unspecified atom stereocenters. The molecule has 10 heteroatoms. The van der Waals surface area contributed by atoms with Gasteiger partial charge in [-0.1, -0.05) is 61.0 Å². The van der Waals surface area contributed by atoms with E-state index in [0.29, 0.717) is 30.0 Å². The molecule has 6 rings (SSSR count). The number of aryl methyl sites for hydroxylation is 1. The van der Waals surface area contributed by atoms with Crippen molar-refractivity contribution in [3.8, 4) is 22.5 Å². The standard InChI is InChI=1S/C31H34N6O4/c1-4-5-11-27-26(29(38)36(30-32-18-33-37(27)30)23-14-19(2)40-20(3)15-23)17-21-12-13-24(22-9-7-6-8-10-22)25(16-21)28-34-31(39)41-35-28/h6-10,12-13,16,18-20,23H,4-5,11,14-15,17H2,1-3H3,(H,34,35,39). The number of aromatic amines is 1. The lowest BCUT2D eigenvalue weighted by atomic mass is 9.93. The molecule has 1 saturated heterocycles. The molecule has 5 aromatic rings. The van der Waals surface area contributed by atoms with E-state index in [2.05, 4.69) is 41.0 Å². The van der Waals surface area contributed by atoms with Crippen LogP contribution in [0.1, 0.15) is 69.3 Å². The molecular weight excluding hydrogens is 520 g/mol. The lowest BCUT2D eigenvalue weighted by Gasteiger charge is -2.33. The molecule has 41 heavy (non-hydrogen) atoms. The van der Waals surface area contributed by atoms with E-state index in [1.54, 1.807) is 0 Å². The van der Waals surface area contributed by atoms with Crippen molar-refractivity contribution in [2.45, 2.75) is 77.5 Å². The molecule has 212 valence electrons. The first-order valence-electron chi connectivity index (χ1n) is 14.3. The van der Waals surface area contributed by atoms with Crippen molar-refractivity contribution < 1.29 is 9.26 Å². The van der Waals surface area contributed by atoms with Gasteiger partial charge < -0.3 is 4.74 Å². The SMILES string of the molecule is CCCCc1c(Cc2ccc(-c3ccccc3)c(-c3noc(=O)[nH]3)c2)c(=O)n(C2CC(C)OC(C)C2)c2ncnn12. The van der Waals surface area contributed by atoms with Gasteiger partial charge in [-0.15, -0.1) is 0 Å². The smallest absolute Gasteiger partial charge is 0.375 e. The summed E-state index contributed by atoms with van der Waals surface area (Å²) in [6, 6.07) is 15.9. The summed E-state index contributed by atoms with van der Waals surface area (Å²) in [7, 11) is 0. The normalized spacial score (nSPS) is 19.1. The molecule has 1 aliphatic rings. The van der Waals surface area contributed by atoms with Crippen LogP contribution in [-0.2, 0) is 17.6 Å². The molecule has 1 fully saturated rings. The van der Waals surface area contributed by atoms with Gasteiger partial charge in [0.15, 0.2) is 5.82 Å². The van der Waals surface area contributed by atoms with Gasteiger partial charge in [0.25, 0.3) is 5.56 Å². The van der Waals surface area contributed by atoms with Crippen LogP contribution in [0.4, 0.5) is 0 Å². The number of fused-ring (bicyclic) bond motifs is 1.